The van der Waals surface area contributed by atoms with Crippen molar-refractivity contribution >= 4 is 0 Å². The van der Waals surface area contributed by atoms with E-state index in [1.807, 2.05) is 12.2 Å². The number of likely N-dealkylation sites (N-methyl/N-ethyl adjacent to an activating group) is 1. The second-order valence-electron chi connectivity index (χ2n) is 4.02. The average Bonchev–Trinajstić information content (AvgIpc) is 2.54. The van der Waals surface area contributed by atoms with E-state index in [0.717, 1.165) is 12.8 Å². The minimum atomic E-state index is 0.961. The fraction of sp³-hybridized carbons (Fsp3) is 0.200. The molecule has 0 bridgehead atoms. The summed E-state index contributed by atoms with van der Waals surface area (Å²) in [6.07, 6.45) is 14.4. The molecule has 2 rings (SSSR count). The Morgan fingerprint density at radius 1 is 1.25 bits per heavy atom. The first-order chi connectivity index (χ1) is 7.77. The zero-order chi connectivity index (χ0) is 11.5. The summed E-state index contributed by atoms with van der Waals surface area (Å²) in [6.45, 7) is 7.77. The molecule has 0 amide bonds. The third-order valence-electron chi connectivity index (χ3n) is 3.14. The van der Waals surface area contributed by atoms with Crippen LogP contribution in [0, 0.1) is 0 Å². The highest BCUT2D eigenvalue weighted by atomic mass is 15.1. The van der Waals surface area contributed by atoms with Gasteiger partial charge in [0.2, 0.25) is 0 Å². The first-order valence-electron chi connectivity index (χ1n) is 5.55. The van der Waals surface area contributed by atoms with E-state index in [4.69, 9.17) is 0 Å². The van der Waals surface area contributed by atoms with Gasteiger partial charge < -0.3 is 4.90 Å². The highest BCUT2D eigenvalue weighted by Gasteiger charge is 2.20. The Hall–Kier alpha value is -1.76. The maximum absolute atomic E-state index is 3.89. The molecule has 1 aliphatic carbocycles. The summed E-state index contributed by atoms with van der Waals surface area (Å²) in [5, 5.41) is 0. The maximum Gasteiger partial charge on any atom is 0.0435 e. The fourth-order valence-electron chi connectivity index (χ4n) is 2.27. The van der Waals surface area contributed by atoms with Crippen LogP contribution in [0.4, 0.5) is 0 Å². The molecule has 16 heavy (non-hydrogen) atoms. The van der Waals surface area contributed by atoms with Gasteiger partial charge in [0, 0.05) is 31.3 Å². The first-order valence-corrected chi connectivity index (χ1v) is 5.55. The Morgan fingerprint density at radius 2 is 2.06 bits per heavy atom. The number of hydrogen-bond acceptors (Lipinski definition) is 1. The molecule has 0 fully saturated rings. The molecule has 0 radical (unpaired) electrons. The molecule has 1 aliphatic heterocycles. The van der Waals surface area contributed by atoms with Gasteiger partial charge in [0.05, 0.1) is 0 Å². The van der Waals surface area contributed by atoms with E-state index in [0.29, 0.717) is 0 Å². The summed E-state index contributed by atoms with van der Waals surface area (Å²) in [4.78, 5) is 2.23. The topological polar surface area (TPSA) is 3.24 Å². The quantitative estimate of drug-likeness (QED) is 0.673. The van der Waals surface area contributed by atoms with Gasteiger partial charge in [0.25, 0.3) is 0 Å². The largest absolute Gasteiger partial charge is 0.347 e. The lowest BCUT2D eigenvalue weighted by atomic mass is 9.95. The Morgan fingerprint density at radius 3 is 2.75 bits per heavy atom. The van der Waals surface area contributed by atoms with Crippen molar-refractivity contribution < 1.29 is 0 Å². The van der Waals surface area contributed by atoms with E-state index in [1.165, 1.54) is 22.5 Å². The second kappa shape index (κ2) is 4.40. The van der Waals surface area contributed by atoms with Gasteiger partial charge in [-0.3, -0.25) is 0 Å². The Balaban J connectivity index is 2.44. The summed E-state index contributed by atoms with van der Waals surface area (Å²) >= 11 is 0. The minimum absolute atomic E-state index is 0.961. The van der Waals surface area contributed by atoms with Crippen molar-refractivity contribution in [3.8, 4) is 0 Å². The van der Waals surface area contributed by atoms with Crippen molar-refractivity contribution in [1.29, 1.82) is 0 Å². The van der Waals surface area contributed by atoms with Crippen LogP contribution in [0.3, 0.4) is 0 Å². The lowest BCUT2D eigenvalue weighted by Gasteiger charge is -2.31. The molecule has 0 unspecified atom stereocenters. The zero-order valence-corrected chi connectivity index (χ0v) is 9.74. The van der Waals surface area contributed by atoms with Gasteiger partial charge in [-0.2, -0.15) is 0 Å². The van der Waals surface area contributed by atoms with Crippen LogP contribution in [0.5, 0.6) is 0 Å². The van der Waals surface area contributed by atoms with Crippen molar-refractivity contribution in [3.05, 3.63) is 72.2 Å². The molecule has 0 saturated carbocycles. The fourth-order valence-corrected chi connectivity index (χ4v) is 2.27. The molecule has 0 atom stereocenters. The van der Waals surface area contributed by atoms with Crippen LogP contribution in [0.2, 0.25) is 0 Å². The summed E-state index contributed by atoms with van der Waals surface area (Å²) in [5.41, 5.74) is 5.18. The molecule has 1 heteroatoms. The second-order valence-corrected chi connectivity index (χ2v) is 4.02. The summed E-state index contributed by atoms with van der Waals surface area (Å²) < 4.78 is 0. The predicted molar refractivity (Wildman–Crippen MR) is 69.7 cm³/mol. The summed E-state index contributed by atoms with van der Waals surface area (Å²) in [6, 6.07) is 0. The number of rotatable bonds is 2. The molecule has 0 spiro atoms. The van der Waals surface area contributed by atoms with Gasteiger partial charge >= 0.3 is 0 Å². The van der Waals surface area contributed by atoms with Crippen LogP contribution in [-0.2, 0) is 0 Å². The molecule has 0 N–H and O–H groups in total. The third kappa shape index (κ3) is 1.69. The van der Waals surface area contributed by atoms with Gasteiger partial charge in [0.1, 0.15) is 0 Å². The van der Waals surface area contributed by atoms with Crippen molar-refractivity contribution in [3.63, 3.8) is 0 Å². The monoisotopic (exact) mass is 211 g/mol. The number of allylic oxidation sites excluding steroid dienone is 8. The smallest absolute Gasteiger partial charge is 0.0435 e. The van der Waals surface area contributed by atoms with E-state index in [-0.39, 0.29) is 0 Å². The van der Waals surface area contributed by atoms with Crippen molar-refractivity contribution in [2.24, 2.45) is 0 Å². The molecule has 1 nitrogen and oxygen atoms in total. The SMILES string of the molecule is C=CC1=C(C=C)N(C)C2=C(C=CC=CC2)C1. The standard InChI is InChI=1S/C15H17N/c1-4-12-11-13-9-7-6-8-10-15(13)16(3)14(12)5-2/h4-9H,1-2,10-11H2,3H3. The van der Waals surface area contributed by atoms with Crippen LogP contribution in [0.25, 0.3) is 0 Å². The molecule has 0 aromatic carbocycles. The van der Waals surface area contributed by atoms with Gasteiger partial charge in [-0.15, -0.1) is 0 Å². The van der Waals surface area contributed by atoms with Crippen LogP contribution < -0.4 is 0 Å². The van der Waals surface area contributed by atoms with Crippen LogP contribution in [0.15, 0.2) is 72.2 Å². The minimum Gasteiger partial charge on any atom is -0.347 e. The van der Waals surface area contributed by atoms with E-state index in [9.17, 15) is 0 Å². The van der Waals surface area contributed by atoms with Gasteiger partial charge in [-0.05, 0) is 17.2 Å². The number of hydrogen-bond donors (Lipinski definition) is 0. The van der Waals surface area contributed by atoms with Crippen LogP contribution >= 0.6 is 0 Å². The molecule has 2 aliphatic rings. The molecular formula is C15H17N. The van der Waals surface area contributed by atoms with E-state index >= 15 is 0 Å². The lowest BCUT2D eigenvalue weighted by Crippen LogP contribution is -2.22. The first kappa shape index (κ1) is 10.7. The van der Waals surface area contributed by atoms with Gasteiger partial charge in [0.15, 0.2) is 0 Å². The summed E-state index contributed by atoms with van der Waals surface area (Å²) in [7, 11) is 2.10. The van der Waals surface area contributed by atoms with Crippen molar-refractivity contribution in [1.82, 2.24) is 4.90 Å². The highest BCUT2D eigenvalue weighted by molar-refractivity contribution is 5.46. The Kier molecular flexibility index (Phi) is 2.95. The summed E-state index contributed by atoms with van der Waals surface area (Å²) in [5.74, 6) is 0. The third-order valence-corrected chi connectivity index (χ3v) is 3.14. The average molecular weight is 211 g/mol. The van der Waals surface area contributed by atoms with E-state index in [1.54, 1.807) is 0 Å². The van der Waals surface area contributed by atoms with E-state index in [2.05, 4.69) is 49.4 Å². The molecule has 82 valence electrons. The predicted octanol–water partition coefficient (Wildman–Crippen LogP) is 3.72. The molecule has 0 aromatic rings. The lowest BCUT2D eigenvalue weighted by molar-refractivity contribution is 0.500. The molecule has 0 aromatic heterocycles. The van der Waals surface area contributed by atoms with Crippen molar-refractivity contribution in [2.45, 2.75) is 12.8 Å². The van der Waals surface area contributed by atoms with Crippen LogP contribution in [-0.4, -0.2) is 11.9 Å². The zero-order valence-electron chi connectivity index (χ0n) is 9.74. The van der Waals surface area contributed by atoms with Crippen LogP contribution in [0.1, 0.15) is 12.8 Å². The van der Waals surface area contributed by atoms with Crippen molar-refractivity contribution in [2.75, 3.05) is 7.05 Å². The van der Waals surface area contributed by atoms with Gasteiger partial charge in [-0.1, -0.05) is 43.5 Å². The highest BCUT2D eigenvalue weighted by Crippen LogP contribution is 2.33. The maximum atomic E-state index is 3.89. The molecule has 0 saturated heterocycles. The Bertz CT molecular complexity index is 444. The molecule has 1 heterocycles. The number of nitrogens with zero attached hydrogens (tertiary/aromatic N) is 1. The Labute approximate surface area is 97.5 Å². The van der Waals surface area contributed by atoms with Gasteiger partial charge in [-0.25, -0.2) is 0 Å². The van der Waals surface area contributed by atoms with E-state index < -0.39 is 0 Å². The molecular weight excluding hydrogens is 194 g/mol. The normalized spacial score (nSPS) is 19.7.